The van der Waals surface area contributed by atoms with E-state index in [9.17, 15) is 14.7 Å². The number of rotatable bonds is 7. The number of nitrogens with zero attached hydrogens (tertiary/aromatic N) is 2. The molecule has 1 aliphatic heterocycles. The van der Waals surface area contributed by atoms with Crippen molar-refractivity contribution in [1.82, 2.24) is 4.90 Å². The van der Waals surface area contributed by atoms with Crippen LogP contribution in [0, 0.1) is 0 Å². The Kier molecular flexibility index (Phi) is 6.88. The third kappa shape index (κ3) is 4.61. The molecule has 6 heteroatoms. The third-order valence-electron chi connectivity index (χ3n) is 7.11. The molecule has 6 nitrogen and oxygen atoms in total. The number of amides is 1. The second kappa shape index (κ2) is 10.4. The molecular formula is C32H30N2O4. The number of aliphatic hydroxyl groups is 1. The molecule has 38 heavy (non-hydrogen) atoms. The number of aliphatic hydroxyl groups excluding tert-OH is 1. The summed E-state index contributed by atoms with van der Waals surface area (Å²) >= 11 is 0. The van der Waals surface area contributed by atoms with Crippen molar-refractivity contribution >= 4 is 33.9 Å². The highest BCUT2D eigenvalue weighted by Crippen LogP contribution is 2.41. The predicted octanol–water partition coefficient (Wildman–Crippen LogP) is 5.58. The van der Waals surface area contributed by atoms with E-state index in [1.165, 1.54) is 0 Å². The molecule has 0 saturated carbocycles. The smallest absolute Gasteiger partial charge is 0.295 e. The van der Waals surface area contributed by atoms with E-state index in [4.69, 9.17) is 4.74 Å². The van der Waals surface area contributed by atoms with Gasteiger partial charge in [-0.25, -0.2) is 0 Å². The third-order valence-corrected chi connectivity index (χ3v) is 7.11. The lowest BCUT2D eigenvalue weighted by Crippen LogP contribution is -2.31. The van der Waals surface area contributed by atoms with Gasteiger partial charge in [-0.3, -0.25) is 9.59 Å². The molecule has 4 aromatic rings. The fourth-order valence-corrected chi connectivity index (χ4v) is 5.03. The van der Waals surface area contributed by atoms with Crippen LogP contribution in [-0.2, 0) is 16.0 Å². The summed E-state index contributed by atoms with van der Waals surface area (Å²) in [6, 6.07) is 28.0. The van der Waals surface area contributed by atoms with Gasteiger partial charge in [0.05, 0.1) is 18.7 Å². The van der Waals surface area contributed by atoms with E-state index in [0.717, 1.165) is 33.3 Å². The fourth-order valence-electron chi connectivity index (χ4n) is 5.03. The monoisotopic (exact) mass is 506 g/mol. The van der Waals surface area contributed by atoms with E-state index in [1.54, 1.807) is 18.1 Å². The van der Waals surface area contributed by atoms with E-state index >= 15 is 0 Å². The zero-order valence-corrected chi connectivity index (χ0v) is 21.7. The maximum atomic E-state index is 13.5. The van der Waals surface area contributed by atoms with Crippen molar-refractivity contribution in [1.29, 1.82) is 0 Å². The summed E-state index contributed by atoms with van der Waals surface area (Å²) in [5.74, 6) is -0.687. The van der Waals surface area contributed by atoms with E-state index in [1.807, 2.05) is 104 Å². The van der Waals surface area contributed by atoms with Crippen LogP contribution in [0.5, 0.6) is 5.75 Å². The molecule has 5 rings (SSSR count). The molecule has 1 N–H and O–H groups in total. The number of carbonyl (C=O) groups is 2. The van der Waals surface area contributed by atoms with Crippen molar-refractivity contribution in [3.05, 3.63) is 113 Å². The molecule has 0 aromatic heterocycles. The Balaban J connectivity index is 1.60. The Morgan fingerprint density at radius 3 is 2.26 bits per heavy atom. The van der Waals surface area contributed by atoms with Gasteiger partial charge in [0.15, 0.2) is 0 Å². The van der Waals surface area contributed by atoms with Gasteiger partial charge in [-0.15, -0.1) is 0 Å². The minimum Gasteiger partial charge on any atom is -0.507 e. The van der Waals surface area contributed by atoms with Crippen LogP contribution in [0.15, 0.2) is 96.6 Å². The molecule has 192 valence electrons. The molecule has 1 unspecified atom stereocenters. The van der Waals surface area contributed by atoms with Gasteiger partial charge in [0.1, 0.15) is 11.5 Å². The van der Waals surface area contributed by atoms with Crippen LogP contribution in [-0.4, -0.2) is 49.4 Å². The largest absolute Gasteiger partial charge is 0.507 e. The number of likely N-dealkylation sites (tertiary alicyclic amines) is 1. The number of fused-ring (bicyclic) bond motifs is 1. The Morgan fingerprint density at radius 2 is 1.58 bits per heavy atom. The summed E-state index contributed by atoms with van der Waals surface area (Å²) < 4.78 is 5.25. The van der Waals surface area contributed by atoms with E-state index in [2.05, 4.69) is 0 Å². The maximum absolute atomic E-state index is 13.5. The second-order valence-electron chi connectivity index (χ2n) is 9.60. The summed E-state index contributed by atoms with van der Waals surface area (Å²) in [7, 11) is 5.53. The maximum Gasteiger partial charge on any atom is 0.295 e. The van der Waals surface area contributed by atoms with Crippen LogP contribution in [0.2, 0.25) is 0 Å². The molecule has 0 bridgehead atoms. The minimum absolute atomic E-state index is 0.110. The SMILES string of the molecule is COc1ccc(CCN2C(=O)C(=O)/C(=C(\O)c3cccc4ccccc34)C2c2ccc(N(C)C)cc2)cc1. The van der Waals surface area contributed by atoms with E-state index in [0.29, 0.717) is 18.5 Å². The average Bonchev–Trinajstić information content (AvgIpc) is 3.20. The molecule has 1 fully saturated rings. The minimum atomic E-state index is -0.705. The molecule has 4 aromatic carbocycles. The quantitative estimate of drug-likeness (QED) is 0.201. The lowest BCUT2D eigenvalue weighted by Gasteiger charge is -2.26. The second-order valence-corrected chi connectivity index (χ2v) is 9.60. The van der Waals surface area contributed by atoms with Gasteiger partial charge in [-0.1, -0.05) is 66.7 Å². The number of hydrogen-bond donors (Lipinski definition) is 1. The standard InChI is InChI=1S/C32H30N2O4/c1-33(2)24-15-13-23(14-16-24)29-28(30(35)27-10-6-8-22-7-4-5-9-26(22)27)31(36)32(37)34(29)20-19-21-11-17-25(38-3)18-12-21/h4-18,29,35H,19-20H2,1-3H3/b30-28-. The lowest BCUT2D eigenvalue weighted by atomic mass is 9.93. The van der Waals surface area contributed by atoms with Crippen molar-refractivity contribution in [2.75, 3.05) is 32.6 Å². The Labute approximate surface area is 222 Å². The zero-order valence-electron chi connectivity index (χ0n) is 21.7. The summed E-state index contributed by atoms with van der Waals surface area (Å²) in [5, 5.41) is 13.4. The van der Waals surface area contributed by atoms with Gasteiger partial charge in [-0.05, 0) is 52.6 Å². The molecule has 0 spiro atoms. The van der Waals surface area contributed by atoms with Crippen LogP contribution in [0.4, 0.5) is 5.69 Å². The molecule has 0 aliphatic carbocycles. The number of methoxy groups -OCH3 is 1. The van der Waals surface area contributed by atoms with Crippen molar-refractivity contribution in [2.45, 2.75) is 12.5 Å². The van der Waals surface area contributed by atoms with Crippen LogP contribution < -0.4 is 9.64 Å². The molecular weight excluding hydrogens is 476 g/mol. The highest BCUT2D eigenvalue weighted by molar-refractivity contribution is 6.46. The first kappa shape index (κ1) is 25.1. The number of Topliss-reactive ketones (excluding diaryl/α,β-unsaturated/α-hetero) is 1. The Hall–Kier alpha value is -4.58. The molecule has 1 aliphatic rings. The van der Waals surface area contributed by atoms with Crippen LogP contribution in [0.1, 0.15) is 22.7 Å². The molecule has 1 atom stereocenters. The van der Waals surface area contributed by atoms with Gasteiger partial charge >= 0.3 is 0 Å². The summed E-state index contributed by atoms with van der Waals surface area (Å²) in [5.41, 5.74) is 3.43. The van der Waals surface area contributed by atoms with Crippen molar-refractivity contribution in [3.63, 3.8) is 0 Å². The van der Waals surface area contributed by atoms with Crippen LogP contribution in [0.25, 0.3) is 16.5 Å². The Bertz CT molecular complexity index is 1520. The van der Waals surface area contributed by atoms with Crippen molar-refractivity contribution in [3.8, 4) is 5.75 Å². The highest BCUT2D eigenvalue weighted by atomic mass is 16.5. The summed E-state index contributed by atoms with van der Waals surface area (Å²) in [6.45, 7) is 0.323. The van der Waals surface area contributed by atoms with Gasteiger partial charge < -0.3 is 19.6 Å². The molecule has 1 amide bonds. The summed E-state index contributed by atoms with van der Waals surface area (Å²) in [4.78, 5) is 30.4. The van der Waals surface area contributed by atoms with Crippen LogP contribution in [0.3, 0.4) is 0 Å². The van der Waals surface area contributed by atoms with Gasteiger partial charge in [0.25, 0.3) is 11.7 Å². The highest BCUT2D eigenvalue weighted by Gasteiger charge is 2.46. The van der Waals surface area contributed by atoms with Gasteiger partial charge in [-0.2, -0.15) is 0 Å². The lowest BCUT2D eigenvalue weighted by molar-refractivity contribution is -0.139. The van der Waals surface area contributed by atoms with E-state index in [-0.39, 0.29) is 11.3 Å². The number of ether oxygens (including phenoxy) is 1. The first-order chi connectivity index (χ1) is 18.4. The first-order valence-corrected chi connectivity index (χ1v) is 12.6. The topological polar surface area (TPSA) is 70.1 Å². The number of benzene rings is 4. The number of carbonyl (C=O) groups excluding carboxylic acids is 2. The fraction of sp³-hybridized carbons (Fsp3) is 0.188. The van der Waals surface area contributed by atoms with Crippen molar-refractivity contribution in [2.24, 2.45) is 0 Å². The first-order valence-electron chi connectivity index (χ1n) is 12.6. The number of ketones is 1. The molecule has 1 saturated heterocycles. The summed E-state index contributed by atoms with van der Waals surface area (Å²) in [6.07, 6.45) is 0.553. The predicted molar refractivity (Wildman–Crippen MR) is 150 cm³/mol. The normalized spacial score (nSPS) is 16.7. The van der Waals surface area contributed by atoms with E-state index < -0.39 is 17.7 Å². The van der Waals surface area contributed by atoms with Gasteiger partial charge in [0.2, 0.25) is 0 Å². The van der Waals surface area contributed by atoms with Crippen molar-refractivity contribution < 1.29 is 19.4 Å². The average molecular weight is 507 g/mol. The number of anilines is 1. The molecule has 0 radical (unpaired) electrons. The Morgan fingerprint density at radius 1 is 0.895 bits per heavy atom. The van der Waals surface area contributed by atoms with Gasteiger partial charge in [0, 0.05) is 31.9 Å². The van der Waals surface area contributed by atoms with Crippen LogP contribution >= 0.6 is 0 Å². The molecule has 1 heterocycles. The zero-order chi connectivity index (χ0) is 26.8. The number of hydrogen-bond acceptors (Lipinski definition) is 5.